The van der Waals surface area contributed by atoms with Gasteiger partial charge in [0.1, 0.15) is 0 Å². The molecule has 3 rings (SSSR count). The van der Waals surface area contributed by atoms with E-state index < -0.39 is 5.91 Å². The molecule has 0 saturated carbocycles. The standard InChI is InChI=1S/C13H8BrN3O2/c14-7-1-2-11(10(15)5-7)17-12(18)8-3-4-16-6-9(8)13(17)19/h1-6H,15H2. The SMILES string of the molecule is Nc1cc(Br)ccc1N1C(=O)c2ccncc2C1=O. The highest BCUT2D eigenvalue weighted by atomic mass is 79.9. The zero-order chi connectivity index (χ0) is 13.6. The van der Waals surface area contributed by atoms with Gasteiger partial charge in [0, 0.05) is 16.9 Å². The molecular weight excluding hydrogens is 310 g/mol. The van der Waals surface area contributed by atoms with Crippen molar-refractivity contribution in [2.24, 2.45) is 0 Å². The number of halogens is 1. The first-order valence-corrected chi connectivity index (χ1v) is 6.26. The van der Waals surface area contributed by atoms with Crippen LogP contribution in [0, 0.1) is 0 Å². The van der Waals surface area contributed by atoms with Gasteiger partial charge >= 0.3 is 0 Å². The van der Waals surface area contributed by atoms with Gasteiger partial charge in [-0.2, -0.15) is 0 Å². The fourth-order valence-electron chi connectivity index (χ4n) is 2.03. The van der Waals surface area contributed by atoms with E-state index in [2.05, 4.69) is 20.9 Å². The molecule has 1 aliphatic rings. The van der Waals surface area contributed by atoms with E-state index in [1.165, 1.54) is 18.5 Å². The van der Waals surface area contributed by atoms with Gasteiger partial charge in [0.15, 0.2) is 0 Å². The highest BCUT2D eigenvalue weighted by molar-refractivity contribution is 9.10. The van der Waals surface area contributed by atoms with Crippen LogP contribution in [0.1, 0.15) is 20.7 Å². The Balaban J connectivity index is 2.14. The van der Waals surface area contributed by atoms with Gasteiger partial charge < -0.3 is 5.73 Å². The van der Waals surface area contributed by atoms with E-state index >= 15 is 0 Å². The maximum atomic E-state index is 12.3. The Morgan fingerprint density at radius 3 is 2.53 bits per heavy atom. The molecule has 0 unspecified atom stereocenters. The van der Waals surface area contributed by atoms with E-state index in [0.717, 1.165) is 9.37 Å². The van der Waals surface area contributed by atoms with E-state index in [0.29, 0.717) is 22.5 Å². The van der Waals surface area contributed by atoms with E-state index in [1.807, 2.05) is 0 Å². The molecule has 94 valence electrons. The number of nitrogens with zero attached hydrogens (tertiary/aromatic N) is 2. The molecule has 2 amide bonds. The smallest absolute Gasteiger partial charge is 0.267 e. The zero-order valence-corrected chi connectivity index (χ0v) is 11.2. The summed E-state index contributed by atoms with van der Waals surface area (Å²) in [5.74, 6) is -0.779. The number of carbonyl (C=O) groups excluding carboxylic acids is 2. The number of amides is 2. The average Bonchev–Trinajstić information content (AvgIpc) is 2.64. The predicted molar refractivity (Wildman–Crippen MR) is 73.9 cm³/mol. The maximum Gasteiger partial charge on any atom is 0.267 e. The molecule has 5 nitrogen and oxygen atoms in total. The van der Waals surface area contributed by atoms with Crippen LogP contribution in [0.2, 0.25) is 0 Å². The van der Waals surface area contributed by atoms with Crippen molar-refractivity contribution in [3.05, 3.63) is 52.3 Å². The fraction of sp³-hybridized carbons (Fsp3) is 0. The molecule has 1 aromatic carbocycles. The molecule has 6 heteroatoms. The van der Waals surface area contributed by atoms with E-state index in [4.69, 9.17) is 5.73 Å². The van der Waals surface area contributed by atoms with Gasteiger partial charge in [-0.3, -0.25) is 14.6 Å². The molecule has 0 spiro atoms. The van der Waals surface area contributed by atoms with Crippen LogP contribution in [-0.4, -0.2) is 16.8 Å². The summed E-state index contributed by atoms with van der Waals surface area (Å²) in [6, 6.07) is 6.55. The third-order valence-corrected chi connectivity index (χ3v) is 3.41. The van der Waals surface area contributed by atoms with Crippen molar-refractivity contribution >= 4 is 39.1 Å². The molecule has 2 aromatic rings. The minimum atomic E-state index is -0.401. The topological polar surface area (TPSA) is 76.3 Å². The van der Waals surface area contributed by atoms with Crippen molar-refractivity contribution in [3.8, 4) is 0 Å². The number of anilines is 2. The van der Waals surface area contributed by atoms with Gasteiger partial charge in [0.05, 0.1) is 22.5 Å². The zero-order valence-electron chi connectivity index (χ0n) is 9.63. The number of nitrogens with two attached hydrogens (primary N) is 1. The van der Waals surface area contributed by atoms with Crippen LogP contribution in [0.15, 0.2) is 41.1 Å². The number of fused-ring (bicyclic) bond motifs is 1. The molecule has 1 aromatic heterocycles. The van der Waals surface area contributed by atoms with Crippen LogP contribution >= 0.6 is 15.9 Å². The lowest BCUT2D eigenvalue weighted by molar-refractivity contribution is 0.0926. The number of aromatic nitrogens is 1. The Hall–Kier alpha value is -2.21. The summed E-state index contributed by atoms with van der Waals surface area (Å²) >= 11 is 3.29. The Morgan fingerprint density at radius 1 is 1.11 bits per heavy atom. The van der Waals surface area contributed by atoms with E-state index in [1.54, 1.807) is 18.2 Å². The fourth-order valence-corrected chi connectivity index (χ4v) is 2.41. The summed E-state index contributed by atoms with van der Waals surface area (Å²) in [4.78, 5) is 29.4. The quantitative estimate of drug-likeness (QED) is 0.646. The van der Waals surface area contributed by atoms with Gasteiger partial charge in [-0.15, -0.1) is 0 Å². The lowest BCUT2D eigenvalue weighted by atomic mass is 10.2. The van der Waals surface area contributed by atoms with Crippen molar-refractivity contribution in [1.29, 1.82) is 0 Å². The second-order valence-electron chi connectivity index (χ2n) is 4.07. The highest BCUT2D eigenvalue weighted by Gasteiger charge is 2.37. The predicted octanol–water partition coefficient (Wildman–Crippen LogP) is 2.23. The number of benzene rings is 1. The summed E-state index contributed by atoms with van der Waals surface area (Å²) in [7, 11) is 0. The van der Waals surface area contributed by atoms with Crippen LogP contribution in [0.5, 0.6) is 0 Å². The van der Waals surface area contributed by atoms with Gasteiger partial charge in [-0.25, -0.2) is 4.90 Å². The molecule has 2 heterocycles. The van der Waals surface area contributed by atoms with Crippen LogP contribution < -0.4 is 10.6 Å². The van der Waals surface area contributed by atoms with Crippen molar-refractivity contribution in [1.82, 2.24) is 4.98 Å². The van der Waals surface area contributed by atoms with Crippen LogP contribution in [-0.2, 0) is 0 Å². The monoisotopic (exact) mass is 317 g/mol. The minimum absolute atomic E-state index is 0.301. The first-order chi connectivity index (χ1) is 9.09. The third-order valence-electron chi connectivity index (χ3n) is 2.92. The third kappa shape index (κ3) is 1.72. The van der Waals surface area contributed by atoms with Gasteiger partial charge in [-0.05, 0) is 24.3 Å². The lowest BCUT2D eigenvalue weighted by Crippen LogP contribution is -2.30. The van der Waals surface area contributed by atoms with Crippen molar-refractivity contribution < 1.29 is 9.59 Å². The van der Waals surface area contributed by atoms with Crippen LogP contribution in [0.3, 0.4) is 0 Å². The Bertz CT molecular complexity index is 680. The van der Waals surface area contributed by atoms with Crippen molar-refractivity contribution in [2.45, 2.75) is 0 Å². The van der Waals surface area contributed by atoms with E-state index in [9.17, 15) is 9.59 Å². The van der Waals surface area contributed by atoms with Crippen molar-refractivity contribution in [2.75, 3.05) is 10.6 Å². The maximum absolute atomic E-state index is 12.3. The summed E-state index contributed by atoms with van der Waals surface area (Å²) in [6.07, 6.45) is 2.88. The Morgan fingerprint density at radius 2 is 1.84 bits per heavy atom. The first kappa shape index (κ1) is 11.9. The molecule has 1 aliphatic heterocycles. The van der Waals surface area contributed by atoms with Crippen molar-refractivity contribution in [3.63, 3.8) is 0 Å². The van der Waals surface area contributed by atoms with E-state index in [-0.39, 0.29) is 5.91 Å². The number of hydrogen-bond donors (Lipinski definition) is 1. The second kappa shape index (κ2) is 4.17. The minimum Gasteiger partial charge on any atom is -0.397 e. The Kier molecular flexibility index (Phi) is 2.60. The molecule has 0 fully saturated rings. The summed E-state index contributed by atoms with van der Waals surface area (Å²) in [5, 5.41) is 0. The number of imide groups is 1. The molecule has 2 N–H and O–H groups in total. The number of pyridine rings is 1. The molecule has 0 bridgehead atoms. The van der Waals surface area contributed by atoms with Gasteiger partial charge in [-0.1, -0.05) is 15.9 Å². The number of carbonyl (C=O) groups is 2. The number of nitrogen functional groups attached to an aromatic ring is 1. The lowest BCUT2D eigenvalue weighted by Gasteiger charge is -2.16. The molecule has 0 aliphatic carbocycles. The normalized spacial score (nSPS) is 13.8. The molecule has 0 atom stereocenters. The molecule has 19 heavy (non-hydrogen) atoms. The highest BCUT2D eigenvalue weighted by Crippen LogP contribution is 2.33. The summed E-state index contributed by atoms with van der Waals surface area (Å²) in [6.45, 7) is 0. The van der Waals surface area contributed by atoms with Gasteiger partial charge in [0.2, 0.25) is 0 Å². The van der Waals surface area contributed by atoms with Crippen LogP contribution in [0.4, 0.5) is 11.4 Å². The Labute approximate surface area is 117 Å². The molecular formula is C13H8BrN3O2. The van der Waals surface area contributed by atoms with Crippen LogP contribution in [0.25, 0.3) is 0 Å². The molecule has 0 saturated heterocycles. The largest absolute Gasteiger partial charge is 0.397 e. The summed E-state index contributed by atoms with van der Waals surface area (Å²) < 4.78 is 0.784. The second-order valence-corrected chi connectivity index (χ2v) is 4.99. The van der Waals surface area contributed by atoms with Gasteiger partial charge in [0.25, 0.3) is 11.8 Å². The first-order valence-electron chi connectivity index (χ1n) is 5.47. The summed E-state index contributed by atoms with van der Waals surface area (Å²) in [5.41, 5.74) is 7.26. The average molecular weight is 318 g/mol. The number of hydrogen-bond acceptors (Lipinski definition) is 4. The molecule has 0 radical (unpaired) electrons. The number of rotatable bonds is 1.